The summed E-state index contributed by atoms with van der Waals surface area (Å²) in [6, 6.07) is 2.06. The van der Waals surface area contributed by atoms with Gasteiger partial charge in [0.15, 0.2) is 0 Å². The molecule has 0 radical (unpaired) electrons. The number of rotatable bonds is 3. The average molecular weight is 263 g/mol. The van der Waals surface area contributed by atoms with Crippen molar-refractivity contribution < 1.29 is 0 Å². The van der Waals surface area contributed by atoms with Crippen molar-refractivity contribution in [2.24, 2.45) is 5.92 Å². The van der Waals surface area contributed by atoms with Gasteiger partial charge in [0.2, 0.25) is 0 Å². The molecule has 3 heteroatoms. The maximum atomic E-state index is 6.16. The monoisotopic (exact) mass is 261 g/mol. The summed E-state index contributed by atoms with van der Waals surface area (Å²) in [7, 11) is 0. The lowest BCUT2D eigenvalue weighted by Crippen LogP contribution is -2.11. The van der Waals surface area contributed by atoms with Crippen LogP contribution >= 0.6 is 27.5 Å². The molecule has 1 unspecified atom stereocenters. The summed E-state index contributed by atoms with van der Waals surface area (Å²) in [6.07, 6.45) is 4.52. The number of alkyl halides is 1. The van der Waals surface area contributed by atoms with Crippen molar-refractivity contribution in [3.8, 4) is 0 Å². The molecule has 0 aromatic carbocycles. The second-order valence-corrected chi connectivity index (χ2v) is 4.95. The predicted molar refractivity (Wildman–Crippen MR) is 60.1 cm³/mol. The van der Waals surface area contributed by atoms with E-state index in [1.54, 1.807) is 6.20 Å². The van der Waals surface area contributed by atoms with Gasteiger partial charge in [-0.25, -0.2) is 0 Å². The van der Waals surface area contributed by atoms with E-state index in [1.165, 1.54) is 5.56 Å². The van der Waals surface area contributed by atoms with Crippen molar-refractivity contribution in [1.82, 2.24) is 4.98 Å². The molecule has 1 rings (SSSR count). The van der Waals surface area contributed by atoms with E-state index in [4.69, 9.17) is 11.6 Å². The molecule has 0 saturated carbocycles. The van der Waals surface area contributed by atoms with Gasteiger partial charge in [0.25, 0.3) is 0 Å². The minimum Gasteiger partial charge on any atom is -0.263 e. The zero-order valence-electron chi connectivity index (χ0n) is 7.80. The van der Waals surface area contributed by atoms with Gasteiger partial charge in [0, 0.05) is 22.2 Å². The lowest BCUT2D eigenvalue weighted by atomic mass is 10.0. The van der Waals surface area contributed by atoms with Gasteiger partial charge >= 0.3 is 0 Å². The number of hydrogen-bond acceptors (Lipinski definition) is 1. The summed E-state index contributed by atoms with van der Waals surface area (Å²) in [4.78, 5) is 4.09. The molecular weight excluding hydrogens is 249 g/mol. The summed E-state index contributed by atoms with van der Waals surface area (Å²) in [5.74, 6) is 0.501. The highest BCUT2D eigenvalue weighted by molar-refractivity contribution is 9.10. The Morgan fingerprint density at radius 3 is 2.69 bits per heavy atom. The molecule has 0 saturated heterocycles. The van der Waals surface area contributed by atoms with Crippen LogP contribution in [0.4, 0.5) is 0 Å². The molecule has 1 atom stereocenters. The normalized spacial score (nSPS) is 13.3. The van der Waals surface area contributed by atoms with Gasteiger partial charge in [-0.05, 0) is 39.9 Å². The SMILES string of the molecule is CC(C)C(Cl)Cc1cncc(Br)c1. The van der Waals surface area contributed by atoms with Crippen molar-refractivity contribution in [3.63, 3.8) is 0 Å². The van der Waals surface area contributed by atoms with Crippen LogP contribution in [0.5, 0.6) is 0 Å². The number of pyridine rings is 1. The van der Waals surface area contributed by atoms with Crippen molar-refractivity contribution in [1.29, 1.82) is 0 Å². The van der Waals surface area contributed by atoms with Crippen molar-refractivity contribution in [3.05, 3.63) is 28.5 Å². The third kappa shape index (κ3) is 3.65. The Hall–Kier alpha value is -0.0800. The number of nitrogens with zero attached hydrogens (tertiary/aromatic N) is 1. The van der Waals surface area contributed by atoms with Gasteiger partial charge in [-0.1, -0.05) is 13.8 Å². The molecule has 13 heavy (non-hydrogen) atoms. The molecular formula is C10H13BrClN. The molecule has 0 amide bonds. The molecule has 0 fully saturated rings. The Morgan fingerprint density at radius 2 is 2.15 bits per heavy atom. The highest BCUT2D eigenvalue weighted by Gasteiger charge is 2.10. The van der Waals surface area contributed by atoms with E-state index in [0.29, 0.717) is 5.92 Å². The summed E-state index contributed by atoms with van der Waals surface area (Å²) in [5, 5.41) is 0.191. The van der Waals surface area contributed by atoms with E-state index in [9.17, 15) is 0 Å². The van der Waals surface area contributed by atoms with Crippen LogP contribution in [-0.2, 0) is 6.42 Å². The molecule has 0 bridgehead atoms. The fraction of sp³-hybridized carbons (Fsp3) is 0.500. The molecule has 0 aliphatic rings. The minimum absolute atomic E-state index is 0.191. The molecule has 0 aliphatic heterocycles. The van der Waals surface area contributed by atoms with Crippen LogP contribution in [0.2, 0.25) is 0 Å². The number of halogens is 2. The average Bonchev–Trinajstić information content (AvgIpc) is 2.04. The fourth-order valence-corrected chi connectivity index (χ4v) is 1.62. The van der Waals surface area contributed by atoms with Crippen LogP contribution in [0.25, 0.3) is 0 Å². The third-order valence-electron chi connectivity index (χ3n) is 1.92. The van der Waals surface area contributed by atoms with Gasteiger partial charge in [-0.3, -0.25) is 4.98 Å². The fourth-order valence-electron chi connectivity index (χ4n) is 1.03. The summed E-state index contributed by atoms with van der Waals surface area (Å²) >= 11 is 9.54. The van der Waals surface area contributed by atoms with E-state index in [1.807, 2.05) is 6.20 Å². The van der Waals surface area contributed by atoms with Crippen molar-refractivity contribution in [2.75, 3.05) is 0 Å². The minimum atomic E-state index is 0.191. The smallest absolute Gasteiger partial charge is 0.0410 e. The number of aromatic nitrogens is 1. The quantitative estimate of drug-likeness (QED) is 0.758. The highest BCUT2D eigenvalue weighted by Crippen LogP contribution is 2.17. The molecule has 1 heterocycles. The maximum Gasteiger partial charge on any atom is 0.0410 e. The first-order valence-electron chi connectivity index (χ1n) is 4.33. The van der Waals surface area contributed by atoms with Crippen LogP contribution in [0.15, 0.2) is 22.9 Å². The molecule has 0 N–H and O–H groups in total. The van der Waals surface area contributed by atoms with Crippen LogP contribution in [0, 0.1) is 5.92 Å². The van der Waals surface area contributed by atoms with Gasteiger partial charge in [-0.15, -0.1) is 11.6 Å². The standard InChI is InChI=1S/C10H13BrClN/c1-7(2)10(12)4-8-3-9(11)6-13-5-8/h3,5-7,10H,4H2,1-2H3. The van der Waals surface area contributed by atoms with Crippen LogP contribution in [0.1, 0.15) is 19.4 Å². The Morgan fingerprint density at radius 1 is 1.46 bits per heavy atom. The topological polar surface area (TPSA) is 12.9 Å². The van der Waals surface area contributed by atoms with E-state index in [-0.39, 0.29) is 5.38 Å². The Labute approximate surface area is 92.6 Å². The van der Waals surface area contributed by atoms with Crippen LogP contribution in [0.3, 0.4) is 0 Å². The van der Waals surface area contributed by atoms with Gasteiger partial charge < -0.3 is 0 Å². The van der Waals surface area contributed by atoms with E-state index in [2.05, 4.69) is 40.8 Å². The number of hydrogen-bond donors (Lipinski definition) is 0. The van der Waals surface area contributed by atoms with Crippen molar-refractivity contribution in [2.45, 2.75) is 25.6 Å². The van der Waals surface area contributed by atoms with Gasteiger partial charge in [0.05, 0.1) is 0 Å². The summed E-state index contributed by atoms with van der Waals surface area (Å²) in [5.41, 5.74) is 1.18. The summed E-state index contributed by atoms with van der Waals surface area (Å²) in [6.45, 7) is 4.26. The first-order chi connectivity index (χ1) is 6.09. The molecule has 1 aromatic heterocycles. The largest absolute Gasteiger partial charge is 0.263 e. The zero-order chi connectivity index (χ0) is 9.84. The van der Waals surface area contributed by atoms with Crippen LogP contribution in [-0.4, -0.2) is 10.4 Å². The molecule has 72 valence electrons. The first-order valence-corrected chi connectivity index (χ1v) is 5.56. The lowest BCUT2D eigenvalue weighted by molar-refractivity contribution is 0.595. The van der Waals surface area contributed by atoms with Crippen molar-refractivity contribution >= 4 is 27.5 Å². The Kier molecular flexibility index (Phi) is 4.20. The predicted octanol–water partition coefficient (Wildman–Crippen LogP) is 3.65. The Balaban J connectivity index is 2.64. The van der Waals surface area contributed by atoms with Crippen LogP contribution < -0.4 is 0 Å². The molecule has 1 nitrogen and oxygen atoms in total. The van der Waals surface area contributed by atoms with Gasteiger partial charge in [0.1, 0.15) is 0 Å². The van der Waals surface area contributed by atoms with Gasteiger partial charge in [-0.2, -0.15) is 0 Å². The highest BCUT2D eigenvalue weighted by atomic mass is 79.9. The van der Waals surface area contributed by atoms with E-state index >= 15 is 0 Å². The second kappa shape index (κ2) is 4.97. The Bertz CT molecular complexity index is 275. The summed E-state index contributed by atoms with van der Waals surface area (Å²) < 4.78 is 1.01. The van der Waals surface area contributed by atoms with E-state index < -0.39 is 0 Å². The molecule has 0 spiro atoms. The first kappa shape index (κ1) is 11.0. The van der Waals surface area contributed by atoms with E-state index in [0.717, 1.165) is 10.9 Å². The zero-order valence-corrected chi connectivity index (χ0v) is 10.1. The maximum absolute atomic E-state index is 6.16. The second-order valence-electron chi connectivity index (χ2n) is 3.48. The lowest BCUT2D eigenvalue weighted by Gasteiger charge is -2.12. The third-order valence-corrected chi connectivity index (χ3v) is 3.01. The molecule has 0 aliphatic carbocycles. The molecule has 1 aromatic rings.